The fourth-order valence-corrected chi connectivity index (χ4v) is 4.76. The molecular weight excluding hydrogens is 473 g/mol. The summed E-state index contributed by atoms with van der Waals surface area (Å²) < 4.78 is 45.2. The van der Waals surface area contributed by atoms with Gasteiger partial charge < -0.3 is 15.0 Å². The van der Waals surface area contributed by atoms with Gasteiger partial charge in [0, 0.05) is 26.6 Å². The molecule has 2 aromatic carbocycles. The van der Waals surface area contributed by atoms with Gasteiger partial charge in [0.25, 0.3) is 0 Å². The van der Waals surface area contributed by atoms with Crippen molar-refractivity contribution < 1.29 is 27.1 Å². The summed E-state index contributed by atoms with van der Waals surface area (Å²) in [5, 5.41) is 2.59. The Labute approximate surface area is 207 Å². The Morgan fingerprint density at radius 2 is 1.74 bits per heavy atom. The average Bonchev–Trinajstić information content (AvgIpc) is 2.82. The number of amides is 2. The first-order valence-electron chi connectivity index (χ1n) is 11.6. The Bertz CT molecular complexity index is 1090. The molecule has 192 valence electrons. The van der Waals surface area contributed by atoms with Gasteiger partial charge in [0.1, 0.15) is 17.6 Å². The molecule has 10 heteroatoms. The number of anilines is 1. The third kappa shape index (κ3) is 7.95. The van der Waals surface area contributed by atoms with Crippen molar-refractivity contribution in [1.29, 1.82) is 0 Å². The highest BCUT2D eigenvalue weighted by Crippen LogP contribution is 2.30. The number of carbonyl (C=O) groups is 2. The van der Waals surface area contributed by atoms with Crippen LogP contribution in [0.1, 0.15) is 38.7 Å². The van der Waals surface area contributed by atoms with Gasteiger partial charge in [0.2, 0.25) is 21.8 Å². The summed E-state index contributed by atoms with van der Waals surface area (Å²) in [6.45, 7) is 4.20. The number of sulfonamides is 1. The highest BCUT2D eigenvalue weighted by atomic mass is 32.2. The molecule has 2 amide bonds. The van der Waals surface area contributed by atoms with Crippen LogP contribution in [0.25, 0.3) is 0 Å². The van der Waals surface area contributed by atoms with Gasteiger partial charge in [-0.05, 0) is 49.6 Å². The number of ether oxygens (including phenoxy) is 1. The average molecular weight is 508 g/mol. The molecule has 0 saturated heterocycles. The molecule has 2 aromatic rings. The number of halogens is 1. The number of para-hydroxylation sites is 2. The van der Waals surface area contributed by atoms with E-state index in [9.17, 15) is 22.4 Å². The third-order valence-electron chi connectivity index (χ3n) is 5.48. The largest absolute Gasteiger partial charge is 0.492 e. The van der Waals surface area contributed by atoms with E-state index in [1.54, 1.807) is 43.3 Å². The van der Waals surface area contributed by atoms with Crippen LogP contribution < -0.4 is 14.4 Å². The Balaban J connectivity index is 2.21. The van der Waals surface area contributed by atoms with Crippen LogP contribution in [0.15, 0.2) is 48.5 Å². The Morgan fingerprint density at radius 3 is 2.31 bits per heavy atom. The monoisotopic (exact) mass is 507 g/mol. The first kappa shape index (κ1) is 28.1. The van der Waals surface area contributed by atoms with Crippen molar-refractivity contribution in [2.75, 3.05) is 30.8 Å². The fourth-order valence-electron chi connectivity index (χ4n) is 3.80. The number of benzene rings is 2. The van der Waals surface area contributed by atoms with E-state index >= 15 is 0 Å². The Hall–Kier alpha value is -3.14. The third-order valence-corrected chi connectivity index (χ3v) is 6.66. The lowest BCUT2D eigenvalue weighted by Crippen LogP contribution is -2.48. The molecule has 0 aliphatic rings. The lowest BCUT2D eigenvalue weighted by Gasteiger charge is -2.31. The molecule has 0 aromatic heterocycles. The molecule has 0 aliphatic heterocycles. The van der Waals surface area contributed by atoms with Crippen LogP contribution in [0.4, 0.5) is 10.1 Å². The Morgan fingerprint density at radius 1 is 1.09 bits per heavy atom. The molecule has 1 N–H and O–H groups in total. The lowest BCUT2D eigenvalue weighted by atomic mass is 10.1. The van der Waals surface area contributed by atoms with Gasteiger partial charge in [-0.2, -0.15) is 0 Å². The molecule has 0 saturated carbocycles. The molecule has 0 unspecified atom stereocenters. The van der Waals surface area contributed by atoms with Crippen molar-refractivity contribution in [3.63, 3.8) is 0 Å². The number of rotatable bonds is 13. The van der Waals surface area contributed by atoms with Crippen LogP contribution >= 0.6 is 0 Å². The minimum absolute atomic E-state index is 0.0253. The predicted molar refractivity (Wildman–Crippen MR) is 134 cm³/mol. The molecule has 35 heavy (non-hydrogen) atoms. The lowest BCUT2D eigenvalue weighted by molar-refractivity contribution is -0.141. The van der Waals surface area contributed by atoms with Gasteiger partial charge in [0.05, 0.1) is 18.6 Å². The number of nitrogens with zero attached hydrogens (tertiary/aromatic N) is 2. The minimum Gasteiger partial charge on any atom is -0.492 e. The summed E-state index contributed by atoms with van der Waals surface area (Å²) in [6.07, 6.45) is 1.76. The molecule has 0 radical (unpaired) electrons. The fraction of sp³-hybridized carbons (Fsp3) is 0.440. The second-order valence-corrected chi connectivity index (χ2v) is 9.93. The summed E-state index contributed by atoms with van der Waals surface area (Å²) in [7, 11) is -2.13. The highest BCUT2D eigenvalue weighted by molar-refractivity contribution is 7.92. The predicted octanol–water partition coefficient (Wildman–Crippen LogP) is 3.32. The Kier molecular flexibility index (Phi) is 10.5. The molecule has 0 aliphatic carbocycles. The van der Waals surface area contributed by atoms with E-state index in [4.69, 9.17) is 4.74 Å². The van der Waals surface area contributed by atoms with E-state index < -0.39 is 21.9 Å². The first-order valence-corrected chi connectivity index (χ1v) is 13.4. The first-order chi connectivity index (χ1) is 16.6. The second kappa shape index (κ2) is 13.1. The molecule has 2 rings (SSSR count). The number of carbonyl (C=O) groups excluding carboxylic acids is 2. The van der Waals surface area contributed by atoms with Crippen molar-refractivity contribution >= 4 is 27.5 Å². The van der Waals surface area contributed by atoms with E-state index in [0.717, 1.165) is 6.26 Å². The zero-order valence-corrected chi connectivity index (χ0v) is 21.5. The second-order valence-electron chi connectivity index (χ2n) is 8.03. The maximum Gasteiger partial charge on any atom is 0.242 e. The highest BCUT2D eigenvalue weighted by Gasteiger charge is 2.28. The summed E-state index contributed by atoms with van der Waals surface area (Å²) in [6, 6.07) is 11.9. The van der Waals surface area contributed by atoms with Crippen LogP contribution in [0.3, 0.4) is 0 Å². The van der Waals surface area contributed by atoms with Gasteiger partial charge in [-0.1, -0.05) is 31.2 Å². The van der Waals surface area contributed by atoms with Gasteiger partial charge >= 0.3 is 0 Å². The van der Waals surface area contributed by atoms with Crippen molar-refractivity contribution in [2.45, 2.75) is 45.7 Å². The quantitative estimate of drug-likeness (QED) is 0.449. The molecule has 0 fully saturated rings. The van der Waals surface area contributed by atoms with Gasteiger partial charge in [-0.3, -0.25) is 13.9 Å². The van der Waals surface area contributed by atoms with Gasteiger partial charge in [-0.15, -0.1) is 0 Å². The van der Waals surface area contributed by atoms with Crippen LogP contribution in [0.5, 0.6) is 5.75 Å². The van der Waals surface area contributed by atoms with E-state index in [0.29, 0.717) is 30.0 Å². The van der Waals surface area contributed by atoms with Gasteiger partial charge in [0.15, 0.2) is 0 Å². The summed E-state index contributed by atoms with van der Waals surface area (Å²) in [4.78, 5) is 27.2. The number of likely N-dealkylation sites (N-methyl/N-ethyl adjacent to an activating group) is 1. The van der Waals surface area contributed by atoms with Crippen molar-refractivity contribution in [2.24, 2.45) is 0 Å². The van der Waals surface area contributed by atoms with E-state index in [1.807, 2.05) is 6.92 Å². The van der Waals surface area contributed by atoms with Crippen LogP contribution in [0, 0.1) is 5.82 Å². The number of hydrogen-bond donors (Lipinski definition) is 1. The van der Waals surface area contributed by atoms with E-state index in [1.165, 1.54) is 28.4 Å². The zero-order valence-electron chi connectivity index (χ0n) is 20.7. The normalized spacial score (nSPS) is 12.0. The van der Waals surface area contributed by atoms with E-state index in [2.05, 4.69) is 5.32 Å². The van der Waals surface area contributed by atoms with Crippen molar-refractivity contribution in [1.82, 2.24) is 10.2 Å². The number of hydrogen-bond acceptors (Lipinski definition) is 5. The van der Waals surface area contributed by atoms with Crippen LogP contribution in [-0.2, 0) is 26.2 Å². The smallest absolute Gasteiger partial charge is 0.242 e. The SMILES string of the molecule is CCOc1ccccc1N(CCCC(=O)N(Cc1ccc(F)cc1)[C@@H](CC)C(=O)NC)S(C)(=O)=O. The van der Waals surface area contributed by atoms with Crippen LogP contribution in [0.2, 0.25) is 0 Å². The number of nitrogens with one attached hydrogen (secondary N) is 1. The summed E-state index contributed by atoms with van der Waals surface area (Å²) in [5.41, 5.74) is 1.09. The van der Waals surface area contributed by atoms with Crippen molar-refractivity contribution in [3.8, 4) is 5.75 Å². The van der Waals surface area contributed by atoms with E-state index in [-0.39, 0.29) is 37.7 Å². The molecule has 1 atom stereocenters. The van der Waals surface area contributed by atoms with Crippen LogP contribution in [-0.4, -0.2) is 57.6 Å². The molecule has 0 heterocycles. The summed E-state index contributed by atoms with van der Waals surface area (Å²) >= 11 is 0. The maximum absolute atomic E-state index is 13.3. The molecule has 0 bridgehead atoms. The topological polar surface area (TPSA) is 96.0 Å². The van der Waals surface area contributed by atoms with Gasteiger partial charge in [-0.25, -0.2) is 12.8 Å². The minimum atomic E-state index is -3.64. The summed E-state index contributed by atoms with van der Waals surface area (Å²) in [5.74, 6) is -0.545. The van der Waals surface area contributed by atoms with Crippen molar-refractivity contribution in [3.05, 3.63) is 59.9 Å². The molecule has 0 spiro atoms. The zero-order chi connectivity index (χ0) is 26.0. The molecule has 8 nitrogen and oxygen atoms in total. The standard InChI is InChI=1S/C25H34FN3O5S/c1-5-21(25(31)27-3)28(18-19-13-15-20(26)16-14-19)24(30)12-9-17-29(35(4,32)33)22-10-7-8-11-23(22)34-6-2/h7-8,10-11,13-16,21H,5-6,9,12,17-18H2,1-4H3,(H,27,31)/t21-/m0/s1. The molecular formula is C25H34FN3O5S. The maximum atomic E-state index is 13.3.